The van der Waals surface area contributed by atoms with Gasteiger partial charge in [-0.15, -0.1) is 0 Å². The van der Waals surface area contributed by atoms with Crippen LogP contribution in [0.2, 0.25) is 0 Å². The third-order valence-electron chi connectivity index (χ3n) is 5.93. The number of likely N-dealkylation sites (tertiary alicyclic amines) is 1. The second-order valence-corrected chi connectivity index (χ2v) is 7.67. The Kier molecular flexibility index (Phi) is 4.35. The quantitative estimate of drug-likeness (QED) is 0.843. The SMILES string of the molecule is Cc1ccn(C2CC2)c(=O)c1C(=O)N1CCC(C#N)(c2ccccc2)CC1. The van der Waals surface area contributed by atoms with Crippen LogP contribution in [0.4, 0.5) is 0 Å². The van der Waals surface area contributed by atoms with Gasteiger partial charge in [0.15, 0.2) is 0 Å². The van der Waals surface area contributed by atoms with Crippen molar-refractivity contribution in [3.63, 3.8) is 0 Å². The number of amides is 1. The highest BCUT2D eigenvalue weighted by Crippen LogP contribution is 2.36. The highest BCUT2D eigenvalue weighted by atomic mass is 16.2. The van der Waals surface area contributed by atoms with E-state index in [1.165, 1.54) is 0 Å². The molecule has 1 aliphatic heterocycles. The summed E-state index contributed by atoms with van der Waals surface area (Å²) in [6.07, 6.45) is 4.98. The number of carbonyl (C=O) groups excluding carboxylic acids is 1. The summed E-state index contributed by atoms with van der Waals surface area (Å²) in [4.78, 5) is 27.7. The largest absolute Gasteiger partial charge is 0.338 e. The van der Waals surface area contributed by atoms with E-state index in [0.717, 1.165) is 24.0 Å². The first kappa shape index (κ1) is 17.5. The first-order chi connectivity index (χ1) is 13.1. The zero-order valence-electron chi connectivity index (χ0n) is 15.5. The third kappa shape index (κ3) is 3.06. The number of hydrogen-bond donors (Lipinski definition) is 0. The van der Waals surface area contributed by atoms with Crippen LogP contribution in [0, 0.1) is 18.3 Å². The Morgan fingerprint density at radius 2 is 1.81 bits per heavy atom. The topological polar surface area (TPSA) is 66.1 Å². The minimum absolute atomic E-state index is 0.178. The van der Waals surface area contributed by atoms with Gasteiger partial charge in [0, 0.05) is 25.3 Å². The summed E-state index contributed by atoms with van der Waals surface area (Å²) in [5, 5.41) is 9.82. The van der Waals surface area contributed by atoms with Crippen LogP contribution in [0.15, 0.2) is 47.4 Å². The number of aryl methyl sites for hydroxylation is 1. The fourth-order valence-electron chi connectivity index (χ4n) is 4.01. The first-order valence-corrected chi connectivity index (χ1v) is 9.53. The Morgan fingerprint density at radius 1 is 1.15 bits per heavy atom. The van der Waals surface area contributed by atoms with Gasteiger partial charge in [0.1, 0.15) is 5.56 Å². The number of nitriles is 1. The van der Waals surface area contributed by atoms with Crippen molar-refractivity contribution in [3.05, 3.63) is 69.6 Å². The molecule has 2 heterocycles. The maximum absolute atomic E-state index is 13.1. The molecule has 0 N–H and O–H groups in total. The molecule has 0 radical (unpaired) electrons. The number of hydrogen-bond acceptors (Lipinski definition) is 3. The van der Waals surface area contributed by atoms with Gasteiger partial charge in [-0.1, -0.05) is 30.3 Å². The van der Waals surface area contributed by atoms with Gasteiger partial charge in [0.25, 0.3) is 11.5 Å². The molecule has 2 aromatic rings. The van der Waals surface area contributed by atoms with Gasteiger partial charge in [-0.2, -0.15) is 5.26 Å². The third-order valence-corrected chi connectivity index (χ3v) is 5.93. The van der Waals surface area contributed by atoms with Crippen LogP contribution in [0.3, 0.4) is 0 Å². The average Bonchev–Trinajstić information content (AvgIpc) is 3.54. The molecular weight excluding hydrogens is 338 g/mol. The van der Waals surface area contributed by atoms with Crippen molar-refractivity contribution in [2.24, 2.45) is 0 Å². The minimum atomic E-state index is -0.558. The van der Waals surface area contributed by atoms with Gasteiger partial charge in [-0.3, -0.25) is 9.59 Å². The van der Waals surface area contributed by atoms with Gasteiger partial charge < -0.3 is 9.47 Å². The average molecular weight is 361 g/mol. The summed E-state index contributed by atoms with van der Waals surface area (Å²) in [5.41, 5.74) is 1.28. The molecule has 27 heavy (non-hydrogen) atoms. The summed E-state index contributed by atoms with van der Waals surface area (Å²) in [6, 6.07) is 14.4. The lowest BCUT2D eigenvalue weighted by Crippen LogP contribution is -2.46. The van der Waals surface area contributed by atoms with Crippen LogP contribution in [0.5, 0.6) is 0 Å². The van der Waals surface area contributed by atoms with Crippen LogP contribution in [0.1, 0.15) is 53.2 Å². The minimum Gasteiger partial charge on any atom is -0.338 e. The molecule has 1 saturated carbocycles. The molecule has 4 rings (SSSR count). The van der Waals surface area contributed by atoms with E-state index in [4.69, 9.17) is 0 Å². The lowest BCUT2D eigenvalue weighted by Gasteiger charge is -2.37. The van der Waals surface area contributed by atoms with Crippen LogP contribution in [-0.4, -0.2) is 28.5 Å². The van der Waals surface area contributed by atoms with Crippen LogP contribution >= 0.6 is 0 Å². The smallest absolute Gasteiger partial charge is 0.263 e. The molecule has 1 amide bonds. The van der Waals surface area contributed by atoms with E-state index < -0.39 is 5.41 Å². The summed E-state index contributed by atoms with van der Waals surface area (Å²) in [6.45, 7) is 2.79. The van der Waals surface area contributed by atoms with Gasteiger partial charge in [-0.05, 0) is 49.8 Å². The van der Waals surface area contributed by atoms with Gasteiger partial charge in [-0.25, -0.2) is 0 Å². The van der Waals surface area contributed by atoms with Crippen LogP contribution in [-0.2, 0) is 5.41 Å². The molecule has 2 fully saturated rings. The van der Waals surface area contributed by atoms with E-state index in [1.807, 2.05) is 43.3 Å². The molecular formula is C22H23N3O2. The summed E-state index contributed by atoms with van der Waals surface area (Å²) in [7, 11) is 0. The number of nitrogens with zero attached hydrogens (tertiary/aromatic N) is 3. The zero-order chi connectivity index (χ0) is 19.0. The molecule has 0 spiro atoms. The number of pyridine rings is 1. The second-order valence-electron chi connectivity index (χ2n) is 7.67. The number of rotatable bonds is 3. The molecule has 1 aliphatic carbocycles. The summed E-state index contributed by atoms with van der Waals surface area (Å²) in [5.74, 6) is -0.202. The predicted octanol–water partition coefficient (Wildman–Crippen LogP) is 3.19. The molecule has 0 unspecified atom stereocenters. The van der Waals surface area contributed by atoms with E-state index in [1.54, 1.807) is 15.7 Å². The lowest BCUT2D eigenvalue weighted by molar-refractivity contribution is 0.0688. The standard InChI is InChI=1S/C22H23N3O2/c1-16-9-12-25(18-7-8-18)21(27)19(16)20(26)24-13-10-22(15-23,11-14-24)17-5-3-2-4-6-17/h2-6,9,12,18H,7-8,10-11,13-14H2,1H3. The van der Waals surface area contributed by atoms with E-state index in [-0.39, 0.29) is 23.1 Å². The van der Waals surface area contributed by atoms with E-state index in [9.17, 15) is 14.9 Å². The van der Waals surface area contributed by atoms with Crippen molar-refractivity contribution >= 4 is 5.91 Å². The molecule has 5 nitrogen and oxygen atoms in total. The van der Waals surface area contributed by atoms with E-state index in [0.29, 0.717) is 25.9 Å². The second kappa shape index (κ2) is 6.70. The monoisotopic (exact) mass is 361 g/mol. The van der Waals surface area contributed by atoms with Crippen molar-refractivity contribution in [2.45, 2.75) is 44.1 Å². The fraction of sp³-hybridized carbons (Fsp3) is 0.409. The van der Waals surface area contributed by atoms with Crippen LogP contribution in [0.25, 0.3) is 0 Å². The van der Waals surface area contributed by atoms with Gasteiger partial charge in [0.2, 0.25) is 0 Å². The number of benzene rings is 1. The highest BCUT2D eigenvalue weighted by Gasteiger charge is 2.38. The molecule has 138 valence electrons. The van der Waals surface area contributed by atoms with Gasteiger partial charge >= 0.3 is 0 Å². The Balaban J connectivity index is 1.57. The van der Waals surface area contributed by atoms with Crippen molar-refractivity contribution in [2.75, 3.05) is 13.1 Å². The Hall–Kier alpha value is -2.87. The Labute approximate surface area is 158 Å². The fourth-order valence-corrected chi connectivity index (χ4v) is 4.01. The van der Waals surface area contributed by atoms with Gasteiger partial charge in [0.05, 0.1) is 11.5 Å². The summed E-state index contributed by atoms with van der Waals surface area (Å²) >= 11 is 0. The number of piperidine rings is 1. The van der Waals surface area contributed by atoms with Crippen molar-refractivity contribution < 1.29 is 4.79 Å². The number of carbonyl (C=O) groups is 1. The normalized spacial score (nSPS) is 18.7. The lowest BCUT2D eigenvalue weighted by atomic mass is 9.74. The molecule has 0 bridgehead atoms. The summed E-state index contributed by atoms with van der Waals surface area (Å²) < 4.78 is 1.70. The highest BCUT2D eigenvalue weighted by molar-refractivity contribution is 5.95. The van der Waals surface area contributed by atoms with Crippen molar-refractivity contribution in [3.8, 4) is 6.07 Å². The van der Waals surface area contributed by atoms with Crippen molar-refractivity contribution in [1.82, 2.24) is 9.47 Å². The maximum Gasteiger partial charge on any atom is 0.263 e. The van der Waals surface area contributed by atoms with Crippen molar-refractivity contribution in [1.29, 1.82) is 5.26 Å². The van der Waals surface area contributed by atoms with Crippen LogP contribution < -0.4 is 5.56 Å². The first-order valence-electron chi connectivity index (χ1n) is 9.53. The molecule has 2 aliphatic rings. The number of aromatic nitrogens is 1. The molecule has 0 atom stereocenters. The maximum atomic E-state index is 13.1. The molecule has 5 heteroatoms. The zero-order valence-corrected chi connectivity index (χ0v) is 15.5. The molecule has 1 aromatic carbocycles. The van der Waals surface area contributed by atoms with E-state index in [2.05, 4.69) is 6.07 Å². The van der Waals surface area contributed by atoms with E-state index >= 15 is 0 Å². The molecule has 1 aromatic heterocycles. The Bertz CT molecular complexity index is 959. The predicted molar refractivity (Wildman–Crippen MR) is 103 cm³/mol. The molecule has 1 saturated heterocycles. The Morgan fingerprint density at radius 3 is 2.41 bits per heavy atom.